The molecular weight excluding hydrogens is 357 g/mol. The molecule has 3 aromatic rings. The molecule has 0 amide bonds. The maximum atomic E-state index is 12.5. The summed E-state index contributed by atoms with van der Waals surface area (Å²) in [5, 5.41) is 4.05. The van der Waals surface area contributed by atoms with Crippen molar-refractivity contribution >= 4 is 15.7 Å². The molecule has 3 rings (SSSR count). The number of imidazole rings is 1. The number of nitrogens with zero attached hydrogens (tertiary/aromatic N) is 3. The van der Waals surface area contributed by atoms with Gasteiger partial charge in [-0.05, 0) is 17.7 Å². The summed E-state index contributed by atoms with van der Waals surface area (Å²) in [6.07, 6.45) is 0.741. The molecule has 0 unspecified atom stereocenters. The van der Waals surface area contributed by atoms with E-state index >= 15 is 0 Å². The molecule has 0 saturated heterocycles. The molecule has 10 heteroatoms. The van der Waals surface area contributed by atoms with Crippen LogP contribution in [-0.4, -0.2) is 29.1 Å². The van der Waals surface area contributed by atoms with E-state index in [2.05, 4.69) is 9.82 Å². The predicted molar refractivity (Wildman–Crippen MR) is 85.3 cm³/mol. The molecule has 0 aliphatic heterocycles. The molecule has 2 heterocycles. The van der Waals surface area contributed by atoms with Gasteiger partial charge in [0.1, 0.15) is 5.65 Å². The second kappa shape index (κ2) is 6.52. The Hall–Kier alpha value is -2.33. The third-order valence-electron chi connectivity index (χ3n) is 3.64. The monoisotopic (exact) mass is 372 g/mol. The van der Waals surface area contributed by atoms with Gasteiger partial charge in [0.25, 0.3) is 0 Å². The molecule has 6 nitrogen and oxygen atoms in total. The van der Waals surface area contributed by atoms with E-state index in [0.717, 1.165) is 17.8 Å². The molecule has 1 N–H and O–H groups in total. The Morgan fingerprint density at radius 2 is 1.80 bits per heavy atom. The topological polar surface area (TPSA) is 68.4 Å². The van der Waals surface area contributed by atoms with Crippen LogP contribution in [0.5, 0.6) is 0 Å². The zero-order valence-electron chi connectivity index (χ0n) is 12.9. The van der Waals surface area contributed by atoms with Gasteiger partial charge < -0.3 is 4.57 Å². The fourth-order valence-electron chi connectivity index (χ4n) is 2.44. The van der Waals surface area contributed by atoms with Crippen molar-refractivity contribution in [3.8, 4) is 0 Å². The largest absolute Gasteiger partial charge is 0.416 e. The Kier molecular flexibility index (Phi) is 4.56. The maximum absolute atomic E-state index is 12.5. The molecule has 0 atom stereocenters. The third kappa shape index (κ3) is 4.20. The van der Waals surface area contributed by atoms with Crippen LogP contribution in [0, 0.1) is 0 Å². The van der Waals surface area contributed by atoms with Gasteiger partial charge in [0.2, 0.25) is 10.0 Å². The summed E-state index contributed by atoms with van der Waals surface area (Å²) < 4.78 is 67.6. The average molecular weight is 372 g/mol. The lowest BCUT2D eigenvalue weighted by atomic mass is 10.1. The first-order chi connectivity index (χ1) is 11.7. The van der Waals surface area contributed by atoms with E-state index in [1.165, 1.54) is 12.1 Å². The lowest BCUT2D eigenvalue weighted by Gasteiger charge is -2.09. The minimum atomic E-state index is -4.44. The van der Waals surface area contributed by atoms with Crippen LogP contribution in [0.1, 0.15) is 11.1 Å². The molecular formula is C15H15F3N4O2S. The Morgan fingerprint density at radius 1 is 1.08 bits per heavy atom. The first-order valence-electron chi connectivity index (χ1n) is 7.36. The van der Waals surface area contributed by atoms with E-state index in [4.69, 9.17) is 0 Å². The first-order valence-corrected chi connectivity index (χ1v) is 9.02. The molecule has 0 fully saturated rings. The molecule has 0 saturated carbocycles. The van der Waals surface area contributed by atoms with Crippen LogP contribution < -0.4 is 4.72 Å². The van der Waals surface area contributed by atoms with Crippen LogP contribution in [0.4, 0.5) is 13.2 Å². The van der Waals surface area contributed by atoms with Gasteiger partial charge in [-0.1, -0.05) is 12.1 Å². The van der Waals surface area contributed by atoms with Crippen molar-refractivity contribution in [2.75, 3.05) is 6.54 Å². The van der Waals surface area contributed by atoms with Gasteiger partial charge in [-0.2, -0.15) is 18.3 Å². The molecule has 0 radical (unpaired) electrons. The van der Waals surface area contributed by atoms with E-state index in [-0.39, 0.29) is 12.3 Å². The second-order valence-corrected chi connectivity index (χ2v) is 7.28. The maximum Gasteiger partial charge on any atom is 0.416 e. The van der Waals surface area contributed by atoms with Gasteiger partial charge in [-0.25, -0.2) is 17.7 Å². The molecule has 2 aromatic heterocycles. The molecule has 0 spiro atoms. The van der Waals surface area contributed by atoms with E-state index in [1.54, 1.807) is 29.2 Å². The van der Waals surface area contributed by atoms with Crippen LogP contribution in [-0.2, 0) is 28.5 Å². The average Bonchev–Trinajstić information content (AvgIpc) is 3.11. The lowest BCUT2D eigenvalue weighted by Crippen LogP contribution is -2.28. The van der Waals surface area contributed by atoms with Crippen molar-refractivity contribution in [1.82, 2.24) is 18.9 Å². The van der Waals surface area contributed by atoms with Crippen molar-refractivity contribution in [3.05, 3.63) is 60.0 Å². The molecule has 1 aromatic carbocycles. The van der Waals surface area contributed by atoms with Crippen LogP contribution in [0.3, 0.4) is 0 Å². The number of sulfonamides is 1. The van der Waals surface area contributed by atoms with E-state index in [1.807, 2.05) is 4.57 Å². The molecule has 0 aliphatic rings. The quantitative estimate of drug-likeness (QED) is 0.722. The Labute approximate surface area is 141 Å². The summed E-state index contributed by atoms with van der Waals surface area (Å²) in [4.78, 5) is 0. The van der Waals surface area contributed by atoms with Gasteiger partial charge >= 0.3 is 6.18 Å². The van der Waals surface area contributed by atoms with Crippen molar-refractivity contribution in [2.24, 2.45) is 0 Å². The number of halogens is 3. The Morgan fingerprint density at radius 3 is 2.48 bits per heavy atom. The van der Waals surface area contributed by atoms with Crippen molar-refractivity contribution < 1.29 is 21.6 Å². The normalized spacial score (nSPS) is 12.8. The highest BCUT2D eigenvalue weighted by molar-refractivity contribution is 7.88. The number of alkyl halides is 3. The third-order valence-corrected chi connectivity index (χ3v) is 5.00. The van der Waals surface area contributed by atoms with Gasteiger partial charge in [-0.3, -0.25) is 0 Å². The number of hydrogen-bond acceptors (Lipinski definition) is 3. The van der Waals surface area contributed by atoms with Crippen molar-refractivity contribution in [1.29, 1.82) is 0 Å². The number of hydrogen-bond donors (Lipinski definition) is 1. The fourth-order valence-corrected chi connectivity index (χ4v) is 3.58. The Bertz CT molecular complexity index is 959. The van der Waals surface area contributed by atoms with Gasteiger partial charge in [0, 0.05) is 31.5 Å². The summed E-state index contributed by atoms with van der Waals surface area (Å²) in [5.74, 6) is -0.376. The van der Waals surface area contributed by atoms with E-state index in [0.29, 0.717) is 12.1 Å². The minimum Gasteiger partial charge on any atom is -0.330 e. The van der Waals surface area contributed by atoms with Crippen LogP contribution in [0.15, 0.2) is 48.9 Å². The highest BCUT2D eigenvalue weighted by Crippen LogP contribution is 2.29. The highest BCUT2D eigenvalue weighted by Gasteiger charge is 2.30. The molecule has 25 heavy (non-hydrogen) atoms. The standard InChI is InChI=1S/C15H15F3N4O2S/c16-15(17,18)13-3-1-12(2-4-13)11-25(23,24)20-7-8-21-9-10-22-14(21)5-6-19-22/h1-6,9-10,20H,7-8,11H2. The van der Waals surface area contributed by atoms with Gasteiger partial charge in [0.05, 0.1) is 17.5 Å². The van der Waals surface area contributed by atoms with Crippen LogP contribution in [0.2, 0.25) is 0 Å². The minimum absolute atomic E-state index is 0.165. The Balaban J connectivity index is 1.58. The van der Waals surface area contributed by atoms with Gasteiger partial charge in [0.15, 0.2) is 0 Å². The number of fused-ring (bicyclic) bond motifs is 1. The molecule has 0 bridgehead atoms. The fraction of sp³-hybridized carbons (Fsp3) is 0.267. The number of benzene rings is 1. The first kappa shape index (κ1) is 17.5. The zero-order chi connectivity index (χ0) is 18.1. The molecule has 134 valence electrons. The summed E-state index contributed by atoms with van der Waals surface area (Å²) in [6.45, 7) is 0.576. The lowest BCUT2D eigenvalue weighted by molar-refractivity contribution is -0.137. The van der Waals surface area contributed by atoms with Crippen LogP contribution >= 0.6 is 0 Å². The summed E-state index contributed by atoms with van der Waals surface area (Å²) in [5.41, 5.74) is 0.320. The van der Waals surface area contributed by atoms with Crippen LogP contribution in [0.25, 0.3) is 5.65 Å². The van der Waals surface area contributed by atoms with Gasteiger partial charge in [-0.15, -0.1) is 0 Å². The number of aromatic nitrogens is 3. The summed E-state index contributed by atoms with van der Waals surface area (Å²) in [6, 6.07) is 5.90. The summed E-state index contributed by atoms with van der Waals surface area (Å²) >= 11 is 0. The number of rotatable bonds is 6. The molecule has 0 aliphatic carbocycles. The number of nitrogens with one attached hydrogen (secondary N) is 1. The summed E-state index contributed by atoms with van der Waals surface area (Å²) in [7, 11) is -3.64. The van der Waals surface area contributed by atoms with E-state index < -0.39 is 21.8 Å². The van der Waals surface area contributed by atoms with E-state index in [9.17, 15) is 21.6 Å². The predicted octanol–water partition coefficient (Wildman–Crippen LogP) is 2.27. The zero-order valence-corrected chi connectivity index (χ0v) is 13.8. The smallest absolute Gasteiger partial charge is 0.330 e. The highest BCUT2D eigenvalue weighted by atomic mass is 32.2. The van der Waals surface area contributed by atoms with Crippen molar-refractivity contribution in [3.63, 3.8) is 0 Å². The van der Waals surface area contributed by atoms with Crippen molar-refractivity contribution in [2.45, 2.75) is 18.5 Å². The SMILES string of the molecule is O=S(=O)(Cc1ccc(C(F)(F)F)cc1)NCCn1ccn2nccc12. The second-order valence-electron chi connectivity index (χ2n) is 5.47.